The number of primary amides is 1. The lowest BCUT2D eigenvalue weighted by Gasteiger charge is -2.09. The molecule has 0 aliphatic heterocycles. The summed E-state index contributed by atoms with van der Waals surface area (Å²) in [7, 11) is -4.08. The first-order chi connectivity index (χ1) is 9.72. The Morgan fingerprint density at radius 2 is 2.05 bits per heavy atom. The molecule has 0 aromatic carbocycles. The van der Waals surface area contributed by atoms with Crippen molar-refractivity contribution in [2.24, 2.45) is 5.73 Å². The minimum Gasteiger partial charge on any atom is -0.364 e. The Morgan fingerprint density at radius 1 is 1.38 bits per heavy atom. The third-order valence-corrected chi connectivity index (χ3v) is 4.48. The molecule has 0 unspecified atom stereocenters. The van der Waals surface area contributed by atoms with Crippen LogP contribution in [0.4, 0.5) is 5.69 Å². The fourth-order valence-corrected chi connectivity index (χ4v) is 3.31. The van der Waals surface area contributed by atoms with Crippen molar-refractivity contribution in [3.63, 3.8) is 0 Å². The normalized spacial score (nSPS) is 11.4. The van der Waals surface area contributed by atoms with Gasteiger partial charge in [0.15, 0.2) is 10.8 Å². The van der Waals surface area contributed by atoms with E-state index >= 15 is 0 Å². The van der Waals surface area contributed by atoms with Gasteiger partial charge in [-0.1, -0.05) is 23.2 Å². The Bertz CT molecular complexity index is 818. The van der Waals surface area contributed by atoms with Gasteiger partial charge < -0.3 is 5.73 Å². The maximum atomic E-state index is 12.3. The zero-order valence-corrected chi connectivity index (χ0v) is 12.8. The molecule has 0 atom stereocenters. The predicted molar refractivity (Wildman–Crippen MR) is 76.9 cm³/mol. The number of pyridine rings is 1. The Hall–Kier alpha value is -1.84. The van der Waals surface area contributed by atoms with Crippen LogP contribution in [0, 0.1) is 6.92 Å². The minimum atomic E-state index is -4.08. The number of hydrogen-bond acceptors (Lipinski definition) is 5. The van der Waals surface area contributed by atoms with Crippen LogP contribution in [0.15, 0.2) is 17.0 Å². The summed E-state index contributed by atoms with van der Waals surface area (Å²) < 4.78 is 26.8. The average molecular weight is 350 g/mol. The van der Waals surface area contributed by atoms with Crippen molar-refractivity contribution >= 4 is 44.8 Å². The number of hydrogen-bond donors (Lipinski definition) is 3. The first-order valence-electron chi connectivity index (χ1n) is 5.42. The number of carbonyl (C=O) groups excluding carboxylic acids is 1. The van der Waals surface area contributed by atoms with E-state index in [0.29, 0.717) is 5.69 Å². The van der Waals surface area contributed by atoms with Crippen LogP contribution in [-0.2, 0) is 10.0 Å². The van der Waals surface area contributed by atoms with Gasteiger partial charge >= 0.3 is 0 Å². The van der Waals surface area contributed by atoms with Gasteiger partial charge in [0.1, 0.15) is 15.7 Å². The summed E-state index contributed by atoms with van der Waals surface area (Å²) in [5.74, 6) is -0.877. The molecule has 2 aromatic rings. The van der Waals surface area contributed by atoms with Crippen molar-refractivity contribution < 1.29 is 13.2 Å². The Labute approximate surface area is 129 Å². The van der Waals surface area contributed by atoms with Crippen LogP contribution >= 0.6 is 23.2 Å². The SMILES string of the molecule is Cc1[nH]nc(C(N)=O)c1NS(=O)(=O)c1ccc(Cl)nc1Cl. The van der Waals surface area contributed by atoms with E-state index in [-0.39, 0.29) is 26.6 Å². The number of H-pyrrole nitrogens is 1. The Balaban J connectivity index is 2.47. The zero-order valence-electron chi connectivity index (χ0n) is 10.5. The number of nitrogens with zero attached hydrogens (tertiary/aromatic N) is 2. The maximum absolute atomic E-state index is 12.3. The van der Waals surface area contributed by atoms with Crippen molar-refractivity contribution in [2.45, 2.75) is 11.8 Å². The number of nitrogens with one attached hydrogen (secondary N) is 2. The molecule has 0 radical (unpaired) electrons. The van der Waals surface area contributed by atoms with Gasteiger partial charge in [-0.2, -0.15) is 5.10 Å². The number of aromatic nitrogens is 3. The standard InChI is InChI=1S/C10H9Cl2N5O3S/c1-4-7(8(10(13)18)16-15-4)17-21(19,20)5-2-3-6(11)14-9(5)12/h2-3,17H,1H3,(H2,13,18)(H,15,16). The highest BCUT2D eigenvalue weighted by atomic mass is 35.5. The fraction of sp³-hybridized carbons (Fsp3) is 0.100. The summed E-state index contributed by atoms with van der Waals surface area (Å²) in [6.45, 7) is 1.53. The number of amides is 1. The summed E-state index contributed by atoms with van der Waals surface area (Å²) in [5.41, 5.74) is 5.17. The predicted octanol–water partition coefficient (Wildman–Crippen LogP) is 1.32. The van der Waals surface area contributed by atoms with Crippen LogP contribution in [0.25, 0.3) is 0 Å². The van der Waals surface area contributed by atoms with Crippen LogP contribution in [0.5, 0.6) is 0 Å². The number of carbonyl (C=O) groups is 1. The number of sulfonamides is 1. The first-order valence-corrected chi connectivity index (χ1v) is 7.66. The second-order valence-corrected chi connectivity index (χ2v) is 6.36. The molecule has 1 amide bonds. The molecule has 0 aliphatic rings. The quantitative estimate of drug-likeness (QED) is 0.716. The maximum Gasteiger partial charge on any atom is 0.271 e. The number of nitrogens with two attached hydrogens (primary N) is 1. The molecule has 0 fully saturated rings. The molecule has 11 heteroatoms. The number of aromatic amines is 1. The van der Waals surface area contributed by atoms with E-state index in [0.717, 1.165) is 0 Å². The smallest absolute Gasteiger partial charge is 0.271 e. The lowest BCUT2D eigenvalue weighted by molar-refractivity contribution is 0.0996. The van der Waals surface area contributed by atoms with Gasteiger partial charge in [0.25, 0.3) is 15.9 Å². The molecule has 0 bridgehead atoms. The van der Waals surface area contributed by atoms with Gasteiger partial charge in [-0.3, -0.25) is 14.6 Å². The fourth-order valence-electron chi connectivity index (χ4n) is 1.52. The second-order valence-electron chi connectivity index (χ2n) is 3.96. The second kappa shape index (κ2) is 5.51. The highest BCUT2D eigenvalue weighted by Crippen LogP contribution is 2.26. The van der Waals surface area contributed by atoms with Gasteiger partial charge in [0, 0.05) is 0 Å². The molecule has 2 rings (SSSR count). The molecule has 2 aromatic heterocycles. The number of halogens is 2. The van der Waals surface area contributed by atoms with E-state index < -0.39 is 15.9 Å². The summed E-state index contributed by atoms with van der Waals surface area (Å²) in [6, 6.07) is 2.47. The Morgan fingerprint density at radius 3 is 2.62 bits per heavy atom. The molecule has 0 aliphatic carbocycles. The van der Waals surface area contributed by atoms with Crippen LogP contribution in [0.2, 0.25) is 10.3 Å². The van der Waals surface area contributed by atoms with Crippen LogP contribution < -0.4 is 10.5 Å². The van der Waals surface area contributed by atoms with E-state index in [9.17, 15) is 13.2 Å². The van der Waals surface area contributed by atoms with Crippen molar-refractivity contribution in [1.29, 1.82) is 0 Å². The zero-order chi connectivity index (χ0) is 15.8. The van der Waals surface area contributed by atoms with Gasteiger partial charge in [-0.15, -0.1) is 0 Å². The van der Waals surface area contributed by atoms with E-state index in [2.05, 4.69) is 19.9 Å². The van der Waals surface area contributed by atoms with Crippen LogP contribution in [-0.4, -0.2) is 29.5 Å². The minimum absolute atomic E-state index is 0.0477. The molecule has 21 heavy (non-hydrogen) atoms. The number of aryl methyl sites for hydroxylation is 1. The lowest BCUT2D eigenvalue weighted by Crippen LogP contribution is -2.19. The molecule has 8 nitrogen and oxygen atoms in total. The van der Waals surface area contributed by atoms with Gasteiger partial charge in [-0.05, 0) is 19.1 Å². The molecule has 0 saturated heterocycles. The van der Waals surface area contributed by atoms with Crippen LogP contribution in [0.1, 0.15) is 16.2 Å². The lowest BCUT2D eigenvalue weighted by atomic mass is 10.3. The molecular weight excluding hydrogens is 341 g/mol. The first kappa shape index (κ1) is 15.5. The monoisotopic (exact) mass is 349 g/mol. The van der Waals surface area contributed by atoms with E-state index in [1.54, 1.807) is 0 Å². The summed E-state index contributed by atoms with van der Waals surface area (Å²) in [5, 5.41) is 5.86. The van der Waals surface area contributed by atoms with Crippen molar-refractivity contribution in [1.82, 2.24) is 15.2 Å². The van der Waals surface area contributed by atoms with E-state index in [1.165, 1.54) is 19.1 Å². The highest BCUT2D eigenvalue weighted by Gasteiger charge is 2.24. The Kier molecular flexibility index (Phi) is 4.08. The van der Waals surface area contributed by atoms with Crippen LogP contribution in [0.3, 0.4) is 0 Å². The summed E-state index contributed by atoms with van der Waals surface area (Å²) in [4.78, 5) is 14.6. The van der Waals surface area contributed by atoms with Crippen molar-refractivity contribution in [3.05, 3.63) is 33.8 Å². The van der Waals surface area contributed by atoms with Crippen molar-refractivity contribution in [2.75, 3.05) is 4.72 Å². The van der Waals surface area contributed by atoms with E-state index in [1.807, 2.05) is 0 Å². The summed E-state index contributed by atoms with van der Waals surface area (Å²) >= 11 is 11.4. The van der Waals surface area contributed by atoms with Gasteiger partial charge in [-0.25, -0.2) is 13.4 Å². The topological polar surface area (TPSA) is 131 Å². The highest BCUT2D eigenvalue weighted by molar-refractivity contribution is 7.92. The third kappa shape index (κ3) is 3.09. The van der Waals surface area contributed by atoms with Gasteiger partial charge in [0.05, 0.1) is 5.69 Å². The molecule has 0 spiro atoms. The molecular formula is C10H9Cl2N5O3S. The van der Waals surface area contributed by atoms with Crippen molar-refractivity contribution in [3.8, 4) is 0 Å². The van der Waals surface area contributed by atoms with Gasteiger partial charge in [0.2, 0.25) is 0 Å². The number of anilines is 1. The molecule has 2 heterocycles. The summed E-state index contributed by atoms with van der Waals surface area (Å²) in [6.07, 6.45) is 0. The third-order valence-electron chi connectivity index (χ3n) is 2.49. The number of rotatable bonds is 4. The molecule has 0 saturated carbocycles. The molecule has 4 N–H and O–H groups in total. The average Bonchev–Trinajstić information content (AvgIpc) is 2.70. The largest absolute Gasteiger partial charge is 0.364 e. The molecule has 112 valence electrons. The van der Waals surface area contributed by atoms with E-state index in [4.69, 9.17) is 28.9 Å².